The topological polar surface area (TPSA) is 90.4 Å². The van der Waals surface area contributed by atoms with Gasteiger partial charge in [-0.25, -0.2) is 29.9 Å². The fourth-order valence-electron chi connectivity index (χ4n) is 20.2. The second-order valence-electron chi connectivity index (χ2n) is 35.7. The molecule has 9 nitrogen and oxygen atoms in total. The van der Waals surface area contributed by atoms with E-state index in [1.54, 1.807) is 0 Å². The lowest BCUT2D eigenvalue weighted by molar-refractivity contribution is 1.07. The van der Waals surface area contributed by atoms with E-state index >= 15 is 0 Å². The highest BCUT2D eigenvalue weighted by molar-refractivity contribution is 6.18. The third-order valence-electron chi connectivity index (χ3n) is 26.9. The number of hydrogen-bond acceptors (Lipinski definition) is 7. The maximum atomic E-state index is 5.44. The molecular formula is C132H87N9. The van der Waals surface area contributed by atoms with E-state index in [2.05, 4.69) is 505 Å². The number of fused-ring (bicyclic) bond motifs is 6. The lowest BCUT2D eigenvalue weighted by atomic mass is 9.93. The van der Waals surface area contributed by atoms with Crippen molar-refractivity contribution in [3.05, 3.63) is 528 Å². The van der Waals surface area contributed by atoms with Crippen molar-refractivity contribution in [1.82, 2.24) is 39.0 Å². The minimum absolute atomic E-state index is 0.569. The molecule has 0 fully saturated rings. The van der Waals surface area contributed by atoms with Crippen LogP contribution in [0.2, 0.25) is 0 Å². The van der Waals surface area contributed by atoms with Gasteiger partial charge in [0.15, 0.2) is 34.9 Å². The Kier molecular flexibility index (Phi) is 21.8. The summed E-state index contributed by atoms with van der Waals surface area (Å²) >= 11 is 0. The molecule has 0 aliphatic rings. The van der Waals surface area contributed by atoms with Crippen molar-refractivity contribution >= 4 is 60.7 Å². The van der Waals surface area contributed by atoms with Gasteiger partial charge in [-0.2, -0.15) is 0 Å². The van der Waals surface area contributed by atoms with Gasteiger partial charge in [-0.05, 0) is 257 Å². The second-order valence-corrected chi connectivity index (χ2v) is 35.7. The zero-order chi connectivity index (χ0) is 93.5. The van der Waals surface area contributed by atoms with Gasteiger partial charge in [0.25, 0.3) is 0 Å². The summed E-state index contributed by atoms with van der Waals surface area (Å²) in [5, 5.41) is 4.48. The van der Waals surface area contributed by atoms with E-state index in [9.17, 15) is 0 Å². The summed E-state index contributed by atoms with van der Waals surface area (Å²) in [5.74, 6) is 3.47. The van der Waals surface area contributed by atoms with Gasteiger partial charge in [0, 0.05) is 83.4 Å². The Bertz CT molecular complexity index is 8380. The molecule has 0 saturated heterocycles. The molecule has 4 heterocycles. The molecule has 21 aromatic carbocycles. The van der Waals surface area contributed by atoms with E-state index in [1.807, 2.05) is 36.4 Å². The van der Waals surface area contributed by atoms with E-state index in [0.29, 0.717) is 34.9 Å². The number of rotatable bonds is 21. The van der Waals surface area contributed by atoms with Gasteiger partial charge in [-0.15, -0.1) is 0 Å². The molecule has 25 aromatic rings. The van der Waals surface area contributed by atoms with Crippen LogP contribution in [-0.2, 0) is 0 Å². The molecule has 0 saturated carbocycles. The minimum atomic E-state index is 0.569. The van der Waals surface area contributed by atoms with Crippen LogP contribution in [-0.4, -0.2) is 39.0 Å². The van der Waals surface area contributed by atoms with E-state index in [1.165, 1.54) is 0 Å². The Morgan fingerprint density at radius 3 is 0.674 bits per heavy atom. The summed E-state index contributed by atoms with van der Waals surface area (Å²) in [6, 6.07) is 189. The van der Waals surface area contributed by atoms with Crippen LogP contribution in [0.3, 0.4) is 0 Å². The summed E-state index contributed by atoms with van der Waals surface area (Å²) in [4.78, 5) is 34.6. The molecule has 25 rings (SSSR count). The van der Waals surface area contributed by atoms with Crippen LogP contribution < -0.4 is 4.90 Å². The summed E-state index contributed by atoms with van der Waals surface area (Å²) in [6.45, 7) is 0. The van der Waals surface area contributed by atoms with Gasteiger partial charge < -0.3 is 14.0 Å². The highest BCUT2D eigenvalue weighted by Crippen LogP contribution is 2.48. The standard InChI is InChI=1S/C132H87N9/c1-10-36-88(37-11-1)98-70-72-121-119(84-98)125-117(100-54-30-58-104(76-100)131-135-127(94-48-22-7-23-49-94)133-129(137-131)102-56-28-52-96(74-102)110-80-106(90-40-14-3-15-41-90)78-107(81-110)91-42-16-4-17-43-91)66-34-68-123(125)140(121)115-64-32-62-113(86-115)139(112-60-26-9-27-61-112)114-63-33-65-116(87-114)141-122-73-71-99(89-38-12-2-13-39-89)85-120(122)126-118(67-35-69-124(126)141)101-55-31-59-105(77-101)132-136-128(95-50-24-8-25-51-95)134-130(138-132)103-57-29-53-97(75-103)111-82-108(92-44-18-5-19-45-92)79-109(83-111)93-46-20-6-21-47-93/h1-87H. The SMILES string of the molecule is c1ccc(-c2cc(-c3ccccc3)cc(-c3cccc(-c4nc(-c5ccccc5)nc(-c5cccc(-c6cccc7c6c6cc(-c8ccccc8)ccc6n7-c6cccc(N(c7ccccc7)c7cccc(-n8c9ccc(-c%10ccccc%10)cc9c9c(-c%10cccc(-c%11nc(-c%12ccccc%12)nc(-c%12cccc(-c%13cc(-c%14ccccc%14)cc(-c%14ccccc%14)c%13)c%12)n%11)c%10)cccc98)c7)c6)c5)n4)c3)c2)cc1. The van der Waals surface area contributed by atoms with Crippen molar-refractivity contribution < 1.29 is 0 Å². The monoisotopic (exact) mass is 1800 g/mol. The summed E-state index contributed by atoms with van der Waals surface area (Å²) in [7, 11) is 0. The van der Waals surface area contributed by atoms with Crippen LogP contribution in [0.1, 0.15) is 0 Å². The molecule has 0 bridgehead atoms. The molecule has 0 atom stereocenters. The average Bonchev–Trinajstić information content (AvgIpc) is 1.58. The second kappa shape index (κ2) is 36.7. The van der Waals surface area contributed by atoms with Crippen molar-refractivity contribution in [2.75, 3.05) is 4.90 Å². The normalized spacial score (nSPS) is 11.4. The first-order valence-electron chi connectivity index (χ1n) is 47.7. The molecule has 0 spiro atoms. The van der Waals surface area contributed by atoms with Crippen LogP contribution in [0.15, 0.2) is 528 Å². The van der Waals surface area contributed by atoms with Crippen molar-refractivity contribution in [2.24, 2.45) is 0 Å². The molecule has 0 aliphatic heterocycles. The Morgan fingerprint density at radius 2 is 0.355 bits per heavy atom. The van der Waals surface area contributed by atoms with Crippen molar-refractivity contribution in [3.63, 3.8) is 0 Å². The number of anilines is 3. The van der Waals surface area contributed by atoms with E-state index in [4.69, 9.17) is 29.9 Å². The minimum Gasteiger partial charge on any atom is -0.310 e. The third-order valence-corrected chi connectivity index (χ3v) is 26.9. The Morgan fingerprint density at radius 1 is 0.135 bits per heavy atom. The third kappa shape index (κ3) is 16.4. The van der Waals surface area contributed by atoms with Crippen LogP contribution in [0, 0.1) is 0 Å². The predicted molar refractivity (Wildman–Crippen MR) is 584 cm³/mol. The van der Waals surface area contributed by atoms with Crippen LogP contribution in [0.25, 0.3) is 235 Å². The molecule has 0 unspecified atom stereocenters. The zero-order valence-corrected chi connectivity index (χ0v) is 76.8. The van der Waals surface area contributed by atoms with Crippen molar-refractivity contribution in [1.29, 1.82) is 0 Å². The fraction of sp³-hybridized carbons (Fsp3) is 0. The first-order valence-corrected chi connectivity index (χ1v) is 47.7. The molecule has 0 radical (unpaired) electrons. The highest BCUT2D eigenvalue weighted by atomic mass is 15.2. The lowest BCUT2D eigenvalue weighted by Crippen LogP contribution is -2.11. The van der Waals surface area contributed by atoms with Gasteiger partial charge in [0.2, 0.25) is 0 Å². The first kappa shape index (κ1) is 83.8. The molecule has 0 N–H and O–H groups in total. The van der Waals surface area contributed by atoms with E-state index < -0.39 is 0 Å². The van der Waals surface area contributed by atoms with Gasteiger partial charge in [-0.3, -0.25) is 0 Å². The molecular weight excluding hydrogens is 1710 g/mol. The number of hydrogen-bond donors (Lipinski definition) is 0. The van der Waals surface area contributed by atoms with E-state index in [-0.39, 0.29) is 0 Å². The first-order chi connectivity index (χ1) is 69.8. The molecule has 141 heavy (non-hydrogen) atoms. The van der Waals surface area contributed by atoms with Gasteiger partial charge in [0.05, 0.1) is 22.1 Å². The number of aromatic nitrogens is 8. The summed E-state index contributed by atoms with van der Waals surface area (Å²) in [6.07, 6.45) is 0. The number of benzene rings is 21. The van der Waals surface area contributed by atoms with Crippen molar-refractivity contribution in [2.45, 2.75) is 0 Å². The molecule has 4 aromatic heterocycles. The van der Waals surface area contributed by atoms with Gasteiger partial charge in [0.1, 0.15) is 0 Å². The largest absolute Gasteiger partial charge is 0.310 e. The zero-order valence-electron chi connectivity index (χ0n) is 76.8. The molecule has 0 aliphatic carbocycles. The number of para-hydroxylation sites is 1. The van der Waals surface area contributed by atoms with E-state index in [0.717, 1.165) is 217 Å². The predicted octanol–water partition coefficient (Wildman–Crippen LogP) is 34.4. The molecule has 660 valence electrons. The van der Waals surface area contributed by atoms with Crippen LogP contribution >= 0.6 is 0 Å². The summed E-state index contributed by atoms with van der Waals surface area (Å²) < 4.78 is 4.89. The fourth-order valence-corrected chi connectivity index (χ4v) is 20.2. The van der Waals surface area contributed by atoms with Gasteiger partial charge >= 0.3 is 0 Å². The maximum Gasteiger partial charge on any atom is 0.164 e. The Labute approximate surface area is 817 Å². The smallest absolute Gasteiger partial charge is 0.164 e. The van der Waals surface area contributed by atoms with Gasteiger partial charge in [-0.1, -0.05) is 382 Å². The van der Waals surface area contributed by atoms with Crippen LogP contribution in [0.4, 0.5) is 17.1 Å². The lowest BCUT2D eigenvalue weighted by Gasteiger charge is -2.27. The Balaban J connectivity index is 0.592. The molecule has 9 heteroatoms. The summed E-state index contributed by atoms with van der Waals surface area (Å²) in [5.41, 5.74) is 36.7. The van der Waals surface area contributed by atoms with Crippen LogP contribution in [0.5, 0.6) is 0 Å². The molecule has 0 amide bonds. The maximum absolute atomic E-state index is 5.44. The quantitative estimate of drug-likeness (QED) is 0.0708. The average molecular weight is 1800 g/mol. The number of nitrogens with zero attached hydrogens (tertiary/aromatic N) is 9. The highest BCUT2D eigenvalue weighted by Gasteiger charge is 2.26. The Hall–Kier alpha value is -19.0. The van der Waals surface area contributed by atoms with Crippen molar-refractivity contribution in [3.8, 4) is 191 Å².